The molecule has 0 aliphatic rings. The van der Waals surface area contributed by atoms with E-state index in [0.717, 1.165) is 28.1 Å². The SMILES string of the molecule is Cc1ccc(-n2nnnc2SC[C@H](O)COc2c(C)ccc(C)c2C)c(C)c1. The highest BCUT2D eigenvalue weighted by atomic mass is 32.2. The van der Waals surface area contributed by atoms with E-state index in [-0.39, 0.29) is 6.61 Å². The van der Waals surface area contributed by atoms with Crippen LogP contribution in [0.15, 0.2) is 35.5 Å². The summed E-state index contributed by atoms with van der Waals surface area (Å²) >= 11 is 1.41. The van der Waals surface area contributed by atoms with Gasteiger partial charge in [0.1, 0.15) is 12.4 Å². The van der Waals surface area contributed by atoms with Gasteiger partial charge in [0.15, 0.2) is 0 Å². The lowest BCUT2D eigenvalue weighted by molar-refractivity contribution is 0.125. The second-order valence-electron chi connectivity index (χ2n) is 7.09. The number of benzene rings is 2. The number of hydrogen-bond acceptors (Lipinski definition) is 6. The van der Waals surface area contributed by atoms with Crippen LogP contribution >= 0.6 is 11.8 Å². The molecule has 0 fully saturated rings. The molecular formula is C21H26N4O2S. The highest BCUT2D eigenvalue weighted by molar-refractivity contribution is 7.99. The fourth-order valence-corrected chi connectivity index (χ4v) is 3.80. The normalized spacial score (nSPS) is 12.2. The van der Waals surface area contributed by atoms with Crippen molar-refractivity contribution >= 4 is 11.8 Å². The summed E-state index contributed by atoms with van der Waals surface area (Å²) in [7, 11) is 0. The molecule has 0 radical (unpaired) electrons. The van der Waals surface area contributed by atoms with E-state index in [1.54, 1.807) is 4.68 Å². The smallest absolute Gasteiger partial charge is 0.214 e. The molecule has 0 saturated carbocycles. The molecule has 0 bridgehead atoms. The van der Waals surface area contributed by atoms with Gasteiger partial charge in [0, 0.05) is 5.75 Å². The first-order valence-corrected chi connectivity index (χ1v) is 10.2. The van der Waals surface area contributed by atoms with Crippen LogP contribution in [0.4, 0.5) is 0 Å². The van der Waals surface area contributed by atoms with Gasteiger partial charge < -0.3 is 9.84 Å². The number of aryl methyl sites for hydroxylation is 4. The molecule has 0 aliphatic carbocycles. The molecule has 1 N–H and O–H groups in total. The van der Waals surface area contributed by atoms with Gasteiger partial charge >= 0.3 is 0 Å². The predicted octanol–water partition coefficient (Wildman–Crippen LogP) is 3.74. The summed E-state index contributed by atoms with van der Waals surface area (Å²) in [4.78, 5) is 0. The second kappa shape index (κ2) is 8.75. The van der Waals surface area contributed by atoms with Crippen molar-refractivity contribution < 1.29 is 9.84 Å². The number of aromatic nitrogens is 4. The fourth-order valence-electron chi connectivity index (χ4n) is 3.01. The molecule has 1 heterocycles. The Bertz CT molecular complexity index is 971. The maximum Gasteiger partial charge on any atom is 0.214 e. The van der Waals surface area contributed by atoms with Crippen molar-refractivity contribution in [1.82, 2.24) is 20.2 Å². The minimum absolute atomic E-state index is 0.225. The minimum atomic E-state index is -0.631. The minimum Gasteiger partial charge on any atom is -0.490 e. The average molecular weight is 399 g/mol. The van der Waals surface area contributed by atoms with Crippen LogP contribution in [0.1, 0.15) is 27.8 Å². The molecule has 0 unspecified atom stereocenters. The Labute approximate surface area is 169 Å². The number of aliphatic hydroxyl groups excluding tert-OH is 1. The third-order valence-electron chi connectivity index (χ3n) is 4.72. The van der Waals surface area contributed by atoms with Gasteiger partial charge in [-0.05, 0) is 73.4 Å². The zero-order valence-corrected chi connectivity index (χ0v) is 17.7. The maximum atomic E-state index is 10.4. The van der Waals surface area contributed by atoms with Gasteiger partial charge in [0.25, 0.3) is 0 Å². The van der Waals surface area contributed by atoms with Gasteiger partial charge in [0.05, 0.1) is 11.8 Å². The van der Waals surface area contributed by atoms with Crippen molar-refractivity contribution in [2.24, 2.45) is 0 Å². The molecule has 1 aromatic heterocycles. The first kappa shape index (κ1) is 20.4. The number of ether oxygens (including phenoxy) is 1. The quantitative estimate of drug-likeness (QED) is 0.611. The largest absolute Gasteiger partial charge is 0.490 e. The molecule has 0 spiro atoms. The molecule has 3 aromatic rings. The number of rotatable bonds is 7. The summed E-state index contributed by atoms with van der Waals surface area (Å²) < 4.78 is 7.62. The van der Waals surface area contributed by atoms with Crippen molar-refractivity contribution in [2.45, 2.75) is 45.9 Å². The standard InChI is InChI=1S/C21H26N4O2S/c1-13-6-9-19(16(4)10-13)25-21(22-23-24-25)28-12-18(26)11-27-20-15(3)8-7-14(2)17(20)5/h6-10,18,26H,11-12H2,1-5H3/t18-/m1/s1. The molecule has 6 nitrogen and oxygen atoms in total. The summed E-state index contributed by atoms with van der Waals surface area (Å²) in [5.74, 6) is 1.29. The number of aliphatic hydroxyl groups is 1. The van der Waals surface area contributed by atoms with E-state index in [9.17, 15) is 5.11 Å². The molecule has 7 heteroatoms. The van der Waals surface area contributed by atoms with Crippen LogP contribution in [-0.2, 0) is 0 Å². The highest BCUT2D eigenvalue weighted by Crippen LogP contribution is 2.26. The first-order valence-electron chi connectivity index (χ1n) is 9.23. The lowest BCUT2D eigenvalue weighted by atomic mass is 10.1. The lowest BCUT2D eigenvalue weighted by Gasteiger charge is -2.16. The molecular weight excluding hydrogens is 372 g/mol. The van der Waals surface area contributed by atoms with Crippen LogP contribution in [0.2, 0.25) is 0 Å². The summed E-state index contributed by atoms with van der Waals surface area (Å²) in [6, 6.07) is 10.3. The van der Waals surface area contributed by atoms with Crippen molar-refractivity contribution in [3.05, 3.63) is 58.1 Å². The second-order valence-corrected chi connectivity index (χ2v) is 8.08. The van der Waals surface area contributed by atoms with Crippen molar-refractivity contribution in [3.8, 4) is 11.4 Å². The van der Waals surface area contributed by atoms with E-state index < -0.39 is 6.10 Å². The fraction of sp³-hybridized carbons (Fsp3) is 0.381. The van der Waals surface area contributed by atoms with Crippen LogP contribution in [0, 0.1) is 34.6 Å². The Balaban J connectivity index is 1.63. The average Bonchev–Trinajstić information content (AvgIpc) is 3.11. The summed E-state index contributed by atoms with van der Waals surface area (Å²) in [6.45, 7) is 10.4. The van der Waals surface area contributed by atoms with Gasteiger partial charge in [-0.25, -0.2) is 0 Å². The van der Waals surface area contributed by atoms with Crippen LogP contribution < -0.4 is 4.74 Å². The Morgan fingerprint density at radius 3 is 2.54 bits per heavy atom. The Morgan fingerprint density at radius 1 is 1.04 bits per heavy atom. The third kappa shape index (κ3) is 4.54. The number of thioether (sulfide) groups is 1. The number of tetrazole rings is 1. The Morgan fingerprint density at radius 2 is 1.79 bits per heavy atom. The van der Waals surface area contributed by atoms with E-state index in [0.29, 0.717) is 10.9 Å². The molecule has 2 aromatic carbocycles. The summed E-state index contributed by atoms with van der Waals surface area (Å²) in [5.41, 5.74) is 6.59. The van der Waals surface area contributed by atoms with E-state index >= 15 is 0 Å². The molecule has 0 amide bonds. The van der Waals surface area contributed by atoms with Gasteiger partial charge in [-0.1, -0.05) is 41.6 Å². The molecule has 148 valence electrons. The number of nitrogens with zero attached hydrogens (tertiary/aromatic N) is 4. The maximum absolute atomic E-state index is 10.4. The third-order valence-corrected chi connectivity index (χ3v) is 5.78. The highest BCUT2D eigenvalue weighted by Gasteiger charge is 2.15. The van der Waals surface area contributed by atoms with E-state index in [4.69, 9.17) is 4.74 Å². The van der Waals surface area contributed by atoms with E-state index in [1.165, 1.54) is 22.9 Å². The van der Waals surface area contributed by atoms with Crippen molar-refractivity contribution in [2.75, 3.05) is 12.4 Å². The van der Waals surface area contributed by atoms with Crippen LogP contribution in [0.25, 0.3) is 5.69 Å². The van der Waals surface area contributed by atoms with E-state index in [1.807, 2.05) is 39.0 Å². The van der Waals surface area contributed by atoms with Gasteiger partial charge in [-0.2, -0.15) is 4.68 Å². The van der Waals surface area contributed by atoms with Gasteiger partial charge in [0.2, 0.25) is 5.16 Å². The molecule has 0 saturated heterocycles. The van der Waals surface area contributed by atoms with Crippen LogP contribution in [0.3, 0.4) is 0 Å². The van der Waals surface area contributed by atoms with Crippen LogP contribution in [-0.4, -0.2) is 43.8 Å². The topological polar surface area (TPSA) is 73.1 Å². The summed E-state index contributed by atoms with van der Waals surface area (Å²) in [5, 5.41) is 23.0. The lowest BCUT2D eigenvalue weighted by Crippen LogP contribution is -2.21. The molecule has 0 aliphatic heterocycles. The predicted molar refractivity (Wildman–Crippen MR) is 112 cm³/mol. The zero-order chi connectivity index (χ0) is 20.3. The number of hydrogen-bond donors (Lipinski definition) is 1. The molecule has 28 heavy (non-hydrogen) atoms. The molecule has 3 rings (SSSR count). The molecule has 1 atom stereocenters. The van der Waals surface area contributed by atoms with Crippen molar-refractivity contribution in [1.29, 1.82) is 0 Å². The van der Waals surface area contributed by atoms with Gasteiger partial charge in [-0.15, -0.1) is 5.10 Å². The van der Waals surface area contributed by atoms with Gasteiger partial charge in [-0.3, -0.25) is 0 Å². The van der Waals surface area contributed by atoms with E-state index in [2.05, 4.69) is 41.5 Å². The first-order chi connectivity index (χ1) is 13.4. The summed E-state index contributed by atoms with van der Waals surface area (Å²) in [6.07, 6.45) is -0.631. The monoisotopic (exact) mass is 398 g/mol. The van der Waals surface area contributed by atoms with Crippen molar-refractivity contribution in [3.63, 3.8) is 0 Å². The Hall–Kier alpha value is -2.38. The Kier molecular flexibility index (Phi) is 6.36. The van der Waals surface area contributed by atoms with Crippen LogP contribution in [0.5, 0.6) is 5.75 Å². The zero-order valence-electron chi connectivity index (χ0n) is 16.9.